The van der Waals surface area contributed by atoms with Crippen LogP contribution in [-0.4, -0.2) is 66.5 Å². The van der Waals surface area contributed by atoms with Crippen LogP contribution in [0.5, 0.6) is 0 Å². The first-order chi connectivity index (χ1) is 39.2. The van der Waals surface area contributed by atoms with Gasteiger partial charge in [-0.25, -0.2) is 4.57 Å². The molecule has 0 spiro atoms. The van der Waals surface area contributed by atoms with E-state index in [4.69, 9.17) is 23.3 Å². The topological polar surface area (TPSA) is 155 Å². The molecule has 0 aliphatic carbocycles. The van der Waals surface area contributed by atoms with Crippen LogP contribution in [0.4, 0.5) is 0 Å². The van der Waals surface area contributed by atoms with Gasteiger partial charge < -0.3 is 24.2 Å². The molecule has 0 aromatic carbocycles. The number of rotatable bonds is 61. The molecule has 0 radical (unpaired) electrons. The Morgan fingerprint density at radius 3 is 1.01 bits per heavy atom. The molecule has 0 amide bonds. The summed E-state index contributed by atoms with van der Waals surface area (Å²) in [5.74, 6) is -1.48. The SMILES string of the molecule is CC/C=C\C/C=C\C/C=C\C/C=C\CCCCCCCCC(=O)OC(COC(=O)CCCCCCCCCCC/C=C\CCCCCCCC)COP(=O)(O)OCC(CO)OC(=O)CCCCCCC/C=C\CCCCCCCC. The van der Waals surface area contributed by atoms with Crippen LogP contribution < -0.4 is 0 Å². The van der Waals surface area contributed by atoms with Crippen LogP contribution in [0.15, 0.2) is 72.9 Å². The normalized spacial score (nSPS) is 13.7. The summed E-state index contributed by atoms with van der Waals surface area (Å²) in [5.41, 5.74) is 0. The zero-order chi connectivity index (χ0) is 58.3. The van der Waals surface area contributed by atoms with Gasteiger partial charge in [-0.1, -0.05) is 248 Å². The molecule has 0 saturated carbocycles. The van der Waals surface area contributed by atoms with Crippen LogP contribution in [0.25, 0.3) is 0 Å². The summed E-state index contributed by atoms with van der Waals surface area (Å²) >= 11 is 0. The van der Waals surface area contributed by atoms with Crippen LogP contribution in [0, 0.1) is 0 Å². The van der Waals surface area contributed by atoms with E-state index >= 15 is 0 Å². The van der Waals surface area contributed by atoms with E-state index in [1.807, 2.05) is 0 Å². The van der Waals surface area contributed by atoms with Gasteiger partial charge in [-0.3, -0.25) is 23.4 Å². The van der Waals surface area contributed by atoms with E-state index in [1.54, 1.807) is 0 Å². The predicted molar refractivity (Wildman–Crippen MR) is 335 cm³/mol. The summed E-state index contributed by atoms with van der Waals surface area (Å²) in [5, 5.41) is 9.85. The minimum absolute atomic E-state index is 0.150. The standard InChI is InChI=1S/C68H121O11P/c1-4-7-10-13-16-19-22-25-28-30-32-34-37-39-42-45-48-51-54-57-66(70)75-61-65(79-68(72)59-56-53-50-47-44-41-38-35-33-31-29-26-23-20-17-14-11-8-5-2)63-77-80(73,74)76-62-64(60-69)78-67(71)58-55-52-49-46-43-40-36-27-24-21-18-15-12-9-6-3/h8,11,17,20,25-29,33,35-36,64-65,69H,4-7,9-10,12-16,18-19,21-24,30-32,34,37-63H2,1-3H3,(H,73,74)/b11-8-,20-17-,28-25-,29-26-,35-33-,36-27-. The Balaban J connectivity index is 4.72. The smallest absolute Gasteiger partial charge is 0.462 e. The Labute approximate surface area is 490 Å². The highest BCUT2D eigenvalue weighted by molar-refractivity contribution is 7.47. The number of aliphatic hydroxyl groups is 1. The molecule has 0 saturated heterocycles. The molecule has 0 heterocycles. The fourth-order valence-electron chi connectivity index (χ4n) is 9.10. The van der Waals surface area contributed by atoms with Crippen molar-refractivity contribution >= 4 is 25.7 Å². The third kappa shape index (κ3) is 59.5. The van der Waals surface area contributed by atoms with Crippen molar-refractivity contribution in [1.29, 1.82) is 0 Å². The molecule has 80 heavy (non-hydrogen) atoms. The van der Waals surface area contributed by atoms with Gasteiger partial charge in [0, 0.05) is 19.3 Å². The molecular weight excluding hydrogens is 1020 g/mol. The van der Waals surface area contributed by atoms with E-state index in [2.05, 4.69) is 93.7 Å². The number of ether oxygens (including phenoxy) is 3. The molecule has 0 bridgehead atoms. The summed E-state index contributed by atoms with van der Waals surface area (Å²) in [4.78, 5) is 48.8. The highest BCUT2D eigenvalue weighted by atomic mass is 31.2. The van der Waals surface area contributed by atoms with Crippen molar-refractivity contribution in [3.8, 4) is 0 Å². The van der Waals surface area contributed by atoms with E-state index in [9.17, 15) is 28.9 Å². The zero-order valence-electron chi connectivity index (χ0n) is 51.5. The molecule has 11 nitrogen and oxygen atoms in total. The molecule has 0 aromatic rings. The van der Waals surface area contributed by atoms with Crippen LogP contribution in [-0.2, 0) is 42.2 Å². The van der Waals surface area contributed by atoms with Crippen molar-refractivity contribution < 1.29 is 52.2 Å². The van der Waals surface area contributed by atoms with Crippen molar-refractivity contribution in [1.82, 2.24) is 0 Å². The fourth-order valence-corrected chi connectivity index (χ4v) is 9.89. The maximum absolute atomic E-state index is 13.0. The molecule has 0 fully saturated rings. The highest BCUT2D eigenvalue weighted by Crippen LogP contribution is 2.43. The van der Waals surface area contributed by atoms with Crippen molar-refractivity contribution in [2.75, 3.05) is 26.4 Å². The van der Waals surface area contributed by atoms with E-state index in [1.165, 1.54) is 122 Å². The maximum atomic E-state index is 13.0. The van der Waals surface area contributed by atoms with Crippen molar-refractivity contribution in [3.63, 3.8) is 0 Å². The summed E-state index contributed by atoms with van der Waals surface area (Å²) in [7, 11) is -4.76. The quantitative estimate of drug-likeness (QED) is 0.0197. The molecule has 12 heteroatoms. The molecule has 464 valence electrons. The number of esters is 3. The van der Waals surface area contributed by atoms with Crippen LogP contribution in [0.1, 0.15) is 303 Å². The maximum Gasteiger partial charge on any atom is 0.472 e. The van der Waals surface area contributed by atoms with Crippen molar-refractivity contribution in [3.05, 3.63) is 72.9 Å². The zero-order valence-corrected chi connectivity index (χ0v) is 52.4. The second kappa shape index (κ2) is 62.0. The second-order valence-corrected chi connectivity index (χ2v) is 23.3. The van der Waals surface area contributed by atoms with Crippen LogP contribution in [0.2, 0.25) is 0 Å². The van der Waals surface area contributed by atoms with Gasteiger partial charge in [0.1, 0.15) is 12.7 Å². The van der Waals surface area contributed by atoms with E-state index in [0.29, 0.717) is 19.3 Å². The van der Waals surface area contributed by atoms with E-state index < -0.39 is 57.8 Å². The highest BCUT2D eigenvalue weighted by Gasteiger charge is 2.28. The number of allylic oxidation sites excluding steroid dienone is 12. The first kappa shape index (κ1) is 76.9. The predicted octanol–water partition coefficient (Wildman–Crippen LogP) is 20.0. The van der Waals surface area contributed by atoms with E-state index in [-0.39, 0.29) is 25.9 Å². The molecule has 0 aliphatic heterocycles. The first-order valence-electron chi connectivity index (χ1n) is 32.8. The molecule has 3 atom stereocenters. The Hall–Kier alpha value is -3.08. The van der Waals surface area contributed by atoms with Gasteiger partial charge in [0.25, 0.3) is 0 Å². The summed E-state index contributed by atoms with van der Waals surface area (Å²) in [6.07, 6.45) is 71.3. The minimum atomic E-state index is -4.76. The second-order valence-electron chi connectivity index (χ2n) is 21.9. The van der Waals surface area contributed by atoms with Crippen LogP contribution >= 0.6 is 7.82 Å². The average Bonchev–Trinajstić information content (AvgIpc) is 3.45. The molecule has 0 rings (SSSR count). The summed E-state index contributed by atoms with van der Waals surface area (Å²) in [6, 6.07) is 0. The fraction of sp³-hybridized carbons (Fsp3) is 0.779. The van der Waals surface area contributed by atoms with Gasteiger partial charge in [0.05, 0.1) is 19.8 Å². The Morgan fingerprint density at radius 1 is 0.362 bits per heavy atom. The lowest BCUT2D eigenvalue weighted by molar-refractivity contribution is -0.161. The van der Waals surface area contributed by atoms with Gasteiger partial charge in [0.15, 0.2) is 6.10 Å². The lowest BCUT2D eigenvalue weighted by atomic mass is 10.1. The van der Waals surface area contributed by atoms with Gasteiger partial charge in [-0.15, -0.1) is 0 Å². The molecule has 2 N–H and O–H groups in total. The monoisotopic (exact) mass is 1140 g/mol. The third-order valence-electron chi connectivity index (χ3n) is 14.1. The molecule has 3 unspecified atom stereocenters. The van der Waals surface area contributed by atoms with Crippen molar-refractivity contribution in [2.24, 2.45) is 0 Å². The lowest BCUT2D eigenvalue weighted by Crippen LogP contribution is -2.30. The summed E-state index contributed by atoms with van der Waals surface area (Å²) in [6.45, 7) is 4.54. The molecule has 0 aliphatic rings. The van der Waals surface area contributed by atoms with Gasteiger partial charge in [-0.2, -0.15) is 0 Å². The first-order valence-corrected chi connectivity index (χ1v) is 34.3. The van der Waals surface area contributed by atoms with Crippen LogP contribution in [0.3, 0.4) is 0 Å². The number of unbranched alkanes of at least 4 members (excludes halogenated alkanes) is 32. The lowest BCUT2D eigenvalue weighted by Gasteiger charge is -2.21. The van der Waals surface area contributed by atoms with Gasteiger partial charge in [-0.05, 0) is 109 Å². The minimum Gasteiger partial charge on any atom is -0.462 e. The Bertz CT molecular complexity index is 1620. The number of aliphatic hydroxyl groups excluding tert-OH is 1. The number of phosphoric acid groups is 1. The van der Waals surface area contributed by atoms with Crippen molar-refractivity contribution in [2.45, 2.75) is 315 Å². The number of carbonyl (C=O) groups is 3. The molecule has 0 aromatic heterocycles. The Morgan fingerprint density at radius 2 is 0.650 bits per heavy atom. The summed E-state index contributed by atoms with van der Waals surface area (Å²) < 4.78 is 39.7. The largest absolute Gasteiger partial charge is 0.472 e. The number of hydrogen-bond acceptors (Lipinski definition) is 10. The number of carbonyl (C=O) groups excluding carboxylic acids is 3. The van der Waals surface area contributed by atoms with Gasteiger partial charge >= 0.3 is 25.7 Å². The number of phosphoric ester groups is 1. The molecular formula is C68H121O11P. The van der Waals surface area contributed by atoms with E-state index in [0.717, 1.165) is 122 Å². The average molecular weight is 1150 g/mol. The number of hydrogen-bond donors (Lipinski definition) is 2. The van der Waals surface area contributed by atoms with Gasteiger partial charge in [0.2, 0.25) is 0 Å². The Kier molecular flexibility index (Phi) is 59.6. The third-order valence-corrected chi connectivity index (χ3v) is 15.0.